The second kappa shape index (κ2) is 11.3. The molecule has 14 nitrogen and oxygen atoms in total. The molecule has 0 spiro atoms. The Balaban J connectivity index is 0.00000400. The zero-order chi connectivity index (χ0) is 26.9. The van der Waals surface area contributed by atoms with Gasteiger partial charge in [0.25, 0.3) is 0 Å². The predicted octanol–water partition coefficient (Wildman–Crippen LogP) is -1.15. The second-order valence-corrected chi connectivity index (χ2v) is 11.6. The number of thioether (sulfide) groups is 1. The maximum absolute atomic E-state index is 13.1. The van der Waals surface area contributed by atoms with Crippen LogP contribution >= 0.6 is 11.8 Å². The van der Waals surface area contributed by atoms with Crippen molar-refractivity contribution in [3.05, 3.63) is 52.5 Å². The number of aromatic nitrogens is 2. The van der Waals surface area contributed by atoms with Crippen molar-refractivity contribution in [1.29, 1.82) is 0 Å². The van der Waals surface area contributed by atoms with E-state index in [2.05, 4.69) is 15.5 Å². The summed E-state index contributed by atoms with van der Waals surface area (Å²) in [5.74, 6) is -3.60. The fourth-order valence-corrected chi connectivity index (χ4v) is 6.06. The molecule has 0 bridgehead atoms. The topological polar surface area (TPSA) is 218 Å². The van der Waals surface area contributed by atoms with Crippen LogP contribution in [0.5, 0.6) is 0 Å². The molecule has 2 atom stereocenters. The number of hydrogen-bond donors (Lipinski definition) is 4. The molecule has 2 aliphatic rings. The minimum Gasteiger partial charge on any atom is -0.870 e. The summed E-state index contributed by atoms with van der Waals surface area (Å²) in [6, 6.07) is 4.46. The van der Waals surface area contributed by atoms with Gasteiger partial charge in [-0.25, -0.2) is 0 Å². The number of hydrogen-bond acceptors (Lipinski definition) is 10. The van der Waals surface area contributed by atoms with Gasteiger partial charge in [0.1, 0.15) is 0 Å². The van der Waals surface area contributed by atoms with E-state index in [1.807, 2.05) is 22.8 Å². The van der Waals surface area contributed by atoms with E-state index >= 15 is 0 Å². The van der Waals surface area contributed by atoms with Gasteiger partial charge in [0.15, 0.2) is 12.4 Å². The van der Waals surface area contributed by atoms with Gasteiger partial charge < -0.3 is 5.48 Å². The van der Waals surface area contributed by atoms with Crippen LogP contribution in [-0.4, -0.2) is 92.3 Å². The Hall–Kier alpha value is -3.72. The predicted molar refractivity (Wildman–Crippen MR) is 133 cm³/mol. The SMILES string of the molecule is CC(C)(ON=C(C(=O)N[C@@H]1C(=O)N2C(C(=O)O)=C(C[n+]3ccccc3)CS[C@H]12)c1c[se]c(N)n1)C(=O)O.[OH-]. The van der Waals surface area contributed by atoms with Gasteiger partial charge in [0.2, 0.25) is 0 Å². The van der Waals surface area contributed by atoms with Crippen molar-refractivity contribution >= 4 is 60.4 Å². The van der Waals surface area contributed by atoms with Crippen LogP contribution in [0.25, 0.3) is 0 Å². The molecule has 2 aromatic heterocycles. The number of nitrogens with two attached hydrogens (primary N) is 1. The van der Waals surface area contributed by atoms with Crippen LogP contribution in [0.2, 0.25) is 0 Å². The van der Waals surface area contributed by atoms with Gasteiger partial charge in [-0.1, -0.05) is 6.07 Å². The van der Waals surface area contributed by atoms with Crippen molar-refractivity contribution in [3.63, 3.8) is 0 Å². The van der Waals surface area contributed by atoms with Crippen LogP contribution < -0.4 is 15.6 Å². The largest absolute Gasteiger partial charge is 0.870 e. The number of amides is 2. The summed E-state index contributed by atoms with van der Waals surface area (Å²) in [6.07, 6.45) is 3.60. The van der Waals surface area contributed by atoms with Gasteiger partial charge in [-0.3, -0.25) is 0 Å². The average molecular weight is 611 g/mol. The number of carbonyl (C=O) groups excluding carboxylic acids is 2. The van der Waals surface area contributed by atoms with Crippen LogP contribution in [0.4, 0.5) is 4.69 Å². The second-order valence-electron chi connectivity index (χ2n) is 8.58. The first-order valence-electron chi connectivity index (χ1n) is 10.9. The number of carboxylic acid groups (broad SMARTS) is 2. The molecule has 2 aromatic rings. The van der Waals surface area contributed by atoms with Gasteiger partial charge in [-0.2, -0.15) is 0 Å². The van der Waals surface area contributed by atoms with Crippen LogP contribution in [0, 0.1) is 0 Å². The Kier molecular flexibility index (Phi) is 8.61. The summed E-state index contributed by atoms with van der Waals surface area (Å²) in [7, 11) is 0. The van der Waals surface area contributed by atoms with E-state index in [-0.39, 0.29) is 41.8 Å². The third-order valence-electron chi connectivity index (χ3n) is 5.55. The molecule has 38 heavy (non-hydrogen) atoms. The van der Waals surface area contributed by atoms with E-state index in [4.69, 9.17) is 10.6 Å². The Bertz CT molecular complexity index is 1330. The van der Waals surface area contributed by atoms with Crippen LogP contribution in [-0.2, 0) is 30.6 Å². The van der Waals surface area contributed by atoms with E-state index in [0.29, 0.717) is 17.9 Å². The third-order valence-corrected chi connectivity index (χ3v) is 8.30. The van der Waals surface area contributed by atoms with Gasteiger partial charge in [0.05, 0.1) is 0 Å². The van der Waals surface area contributed by atoms with Gasteiger partial charge >= 0.3 is 190 Å². The third kappa shape index (κ3) is 5.72. The van der Waals surface area contributed by atoms with Crippen molar-refractivity contribution < 1.29 is 44.3 Å². The molecule has 4 rings (SSSR count). The Morgan fingerprint density at radius 3 is 2.58 bits per heavy atom. The molecule has 0 unspecified atom stereocenters. The van der Waals surface area contributed by atoms with E-state index in [1.54, 1.807) is 17.3 Å². The molecular formula is C22H24N6O8SSe. The van der Waals surface area contributed by atoms with Crippen molar-refractivity contribution in [2.75, 3.05) is 11.5 Å². The number of pyridine rings is 1. The Labute approximate surface area is 226 Å². The first kappa shape index (κ1) is 28.8. The summed E-state index contributed by atoms with van der Waals surface area (Å²) in [4.78, 5) is 61.6. The van der Waals surface area contributed by atoms with E-state index < -0.39 is 40.8 Å². The van der Waals surface area contributed by atoms with E-state index in [0.717, 1.165) is 0 Å². The number of carbonyl (C=O) groups is 4. The number of fused-ring (bicyclic) bond motifs is 1. The number of oxime groups is 1. The fourth-order valence-electron chi connectivity index (χ4n) is 3.57. The van der Waals surface area contributed by atoms with Gasteiger partial charge in [-0.05, 0) is 0 Å². The normalized spacial score (nSPS) is 19.2. The first-order chi connectivity index (χ1) is 17.5. The molecular weight excluding hydrogens is 587 g/mol. The van der Waals surface area contributed by atoms with Crippen LogP contribution in [0.3, 0.4) is 0 Å². The van der Waals surface area contributed by atoms with Crippen molar-refractivity contribution in [2.24, 2.45) is 5.16 Å². The number of aliphatic carboxylic acids is 2. The minimum atomic E-state index is -1.73. The smallest absolute Gasteiger partial charge is 0.870 e. The fraction of sp³-hybridized carbons (Fsp3) is 0.318. The summed E-state index contributed by atoms with van der Waals surface area (Å²) >= 11 is 1.01. The molecule has 202 valence electrons. The maximum Gasteiger partial charge on any atom is -0.870 e. The molecule has 1 fully saturated rings. The quantitative estimate of drug-likeness (QED) is 0.0873. The molecule has 0 aromatic carbocycles. The van der Waals surface area contributed by atoms with Gasteiger partial charge in [-0.15, -0.1) is 0 Å². The molecule has 2 amide bonds. The van der Waals surface area contributed by atoms with E-state index in [1.165, 1.54) is 30.5 Å². The molecule has 16 heteroatoms. The Morgan fingerprint density at radius 1 is 1.32 bits per heavy atom. The number of nitrogens with one attached hydrogen (secondary N) is 1. The van der Waals surface area contributed by atoms with E-state index in [9.17, 15) is 29.4 Å². The van der Waals surface area contributed by atoms with Crippen LogP contribution in [0.15, 0.2) is 52.0 Å². The van der Waals surface area contributed by atoms with Crippen molar-refractivity contribution in [2.45, 2.75) is 37.4 Å². The number of nitrogen functional groups attached to an aromatic ring is 1. The summed E-state index contributed by atoms with van der Waals surface area (Å²) in [5.41, 5.74) is 4.23. The summed E-state index contributed by atoms with van der Waals surface area (Å²) < 4.78 is 2.10. The van der Waals surface area contributed by atoms with Gasteiger partial charge in [0, 0.05) is 12.1 Å². The molecule has 1 saturated heterocycles. The maximum atomic E-state index is 13.1. The minimum absolute atomic E-state index is 0. The summed E-state index contributed by atoms with van der Waals surface area (Å²) in [5, 5.41) is 24.8. The zero-order valence-electron chi connectivity index (χ0n) is 20.1. The molecule has 0 saturated carbocycles. The van der Waals surface area contributed by atoms with Crippen LogP contribution in [0.1, 0.15) is 19.5 Å². The first-order valence-corrected chi connectivity index (χ1v) is 13.7. The monoisotopic (exact) mass is 612 g/mol. The molecule has 0 radical (unpaired) electrons. The Morgan fingerprint density at radius 2 is 2.00 bits per heavy atom. The number of anilines is 1. The summed E-state index contributed by atoms with van der Waals surface area (Å²) in [6.45, 7) is 2.82. The van der Waals surface area contributed by atoms with Crippen molar-refractivity contribution in [1.82, 2.24) is 15.2 Å². The molecule has 0 aliphatic carbocycles. The number of nitrogens with zero attached hydrogens (tertiary/aromatic N) is 4. The zero-order valence-corrected chi connectivity index (χ0v) is 22.6. The number of carboxylic acids is 2. The van der Waals surface area contributed by atoms with Crippen molar-refractivity contribution in [3.8, 4) is 0 Å². The molecule has 2 aliphatic heterocycles. The number of rotatable bonds is 9. The standard InChI is InChI=1S/C22H22N6O7SSe.H2O/c1-22(2,20(33)34)35-26-13(12-10-37-21(23)24-12)16(29)25-14-17(30)28-15(19(31)32)11(9-36-18(14)28)8-27-6-4-3-5-7-27;/h3-7,10,14,18H,8-9H2,1-2H3,(H4-,23,24,25,29,31,32,33,34);1H2/t14-,18-;/m1./s1. The molecule has 6 N–H and O–H groups in total. The number of β-lactam (4-membered cyclic amide) rings is 1. The molecule has 4 heterocycles. The average Bonchev–Trinajstić information content (AvgIpc) is 3.28.